The van der Waals surface area contributed by atoms with Gasteiger partial charge in [-0.3, -0.25) is 15.0 Å². The second kappa shape index (κ2) is 7.04. The van der Waals surface area contributed by atoms with Crippen molar-refractivity contribution in [1.29, 1.82) is 0 Å². The summed E-state index contributed by atoms with van der Waals surface area (Å²) in [6.45, 7) is 6.33. The molecule has 0 spiro atoms. The van der Waals surface area contributed by atoms with E-state index >= 15 is 0 Å². The smallest absolute Gasteiger partial charge is 0.311 e. The van der Waals surface area contributed by atoms with Crippen LogP contribution in [0.15, 0.2) is 42.5 Å². The molecular formula is C17H20N2O3. The van der Waals surface area contributed by atoms with Gasteiger partial charge in [0.2, 0.25) is 0 Å². The normalized spacial score (nSPS) is 10.9. The summed E-state index contributed by atoms with van der Waals surface area (Å²) in [4.78, 5) is 12.5. The van der Waals surface area contributed by atoms with Gasteiger partial charge in [0.25, 0.3) is 0 Å². The standard InChI is InChI=1S/C17H20N2O3/c1-3-18(11-14-6-4-13(2)5-7-14)12-15-8-9-17(20)16(10-15)19(21)22/h4-10,20H,3,11-12H2,1-2H3. The maximum Gasteiger partial charge on any atom is 0.311 e. The number of nitrogens with zero attached hydrogens (tertiary/aromatic N) is 2. The van der Waals surface area contributed by atoms with Crippen LogP contribution >= 0.6 is 0 Å². The van der Waals surface area contributed by atoms with Crippen molar-refractivity contribution in [1.82, 2.24) is 4.90 Å². The van der Waals surface area contributed by atoms with Gasteiger partial charge in [-0.1, -0.05) is 42.8 Å². The zero-order chi connectivity index (χ0) is 16.1. The summed E-state index contributed by atoms with van der Waals surface area (Å²) in [5.41, 5.74) is 3.00. The first kappa shape index (κ1) is 16.0. The molecule has 0 saturated carbocycles. The number of aromatic hydroxyl groups is 1. The Hall–Kier alpha value is -2.40. The second-order valence-corrected chi connectivity index (χ2v) is 5.37. The highest BCUT2D eigenvalue weighted by molar-refractivity contribution is 5.47. The molecule has 5 nitrogen and oxygen atoms in total. The monoisotopic (exact) mass is 300 g/mol. The van der Waals surface area contributed by atoms with E-state index in [4.69, 9.17) is 0 Å². The Morgan fingerprint density at radius 1 is 1.09 bits per heavy atom. The average Bonchev–Trinajstić information content (AvgIpc) is 2.50. The number of benzene rings is 2. The first-order valence-corrected chi connectivity index (χ1v) is 7.23. The van der Waals surface area contributed by atoms with Crippen molar-refractivity contribution in [2.24, 2.45) is 0 Å². The minimum atomic E-state index is -0.560. The molecule has 0 radical (unpaired) electrons. The first-order valence-electron chi connectivity index (χ1n) is 7.23. The Labute approximate surface area is 130 Å². The van der Waals surface area contributed by atoms with Crippen LogP contribution in [0.2, 0.25) is 0 Å². The van der Waals surface area contributed by atoms with E-state index in [1.807, 2.05) is 0 Å². The lowest BCUT2D eigenvalue weighted by Crippen LogP contribution is -2.22. The molecule has 0 aliphatic rings. The van der Waals surface area contributed by atoms with Gasteiger partial charge in [0.15, 0.2) is 5.75 Å². The summed E-state index contributed by atoms with van der Waals surface area (Å²) in [6.07, 6.45) is 0. The maximum atomic E-state index is 10.9. The number of hydrogen-bond donors (Lipinski definition) is 1. The van der Waals surface area contributed by atoms with Gasteiger partial charge in [0, 0.05) is 19.2 Å². The fourth-order valence-corrected chi connectivity index (χ4v) is 2.30. The lowest BCUT2D eigenvalue weighted by Gasteiger charge is -2.20. The quantitative estimate of drug-likeness (QED) is 0.653. The molecule has 116 valence electrons. The molecule has 0 aliphatic carbocycles. The van der Waals surface area contributed by atoms with Gasteiger partial charge in [-0.2, -0.15) is 0 Å². The van der Waals surface area contributed by atoms with Crippen molar-refractivity contribution in [3.05, 3.63) is 69.3 Å². The van der Waals surface area contributed by atoms with E-state index in [2.05, 4.69) is 43.0 Å². The lowest BCUT2D eigenvalue weighted by atomic mass is 10.1. The molecular weight excluding hydrogens is 280 g/mol. The van der Waals surface area contributed by atoms with Gasteiger partial charge in [-0.25, -0.2) is 0 Å². The highest BCUT2D eigenvalue weighted by Crippen LogP contribution is 2.27. The molecule has 2 aromatic carbocycles. The van der Waals surface area contributed by atoms with E-state index in [0.717, 1.165) is 18.7 Å². The van der Waals surface area contributed by atoms with Crippen LogP contribution in [-0.4, -0.2) is 21.5 Å². The molecule has 22 heavy (non-hydrogen) atoms. The van der Waals surface area contributed by atoms with Crippen LogP contribution in [0.3, 0.4) is 0 Å². The van der Waals surface area contributed by atoms with Gasteiger partial charge in [-0.15, -0.1) is 0 Å². The molecule has 0 amide bonds. The average molecular weight is 300 g/mol. The number of phenolic OH excluding ortho intramolecular Hbond substituents is 1. The molecule has 0 aliphatic heterocycles. The van der Waals surface area contributed by atoms with E-state index in [1.165, 1.54) is 23.3 Å². The molecule has 0 saturated heterocycles. The predicted molar refractivity (Wildman–Crippen MR) is 85.7 cm³/mol. The summed E-state index contributed by atoms with van der Waals surface area (Å²) in [6, 6.07) is 12.9. The van der Waals surface area contributed by atoms with Crippen molar-refractivity contribution >= 4 is 5.69 Å². The Balaban J connectivity index is 2.11. The van der Waals surface area contributed by atoms with Gasteiger partial charge in [0.05, 0.1) is 4.92 Å². The lowest BCUT2D eigenvalue weighted by molar-refractivity contribution is -0.385. The van der Waals surface area contributed by atoms with E-state index in [9.17, 15) is 15.2 Å². The summed E-state index contributed by atoms with van der Waals surface area (Å²) in [5.74, 6) is -0.296. The van der Waals surface area contributed by atoms with Crippen molar-refractivity contribution in [2.75, 3.05) is 6.54 Å². The zero-order valence-electron chi connectivity index (χ0n) is 12.8. The number of phenols is 1. The van der Waals surface area contributed by atoms with Gasteiger partial charge in [-0.05, 0) is 30.7 Å². The first-order chi connectivity index (χ1) is 10.5. The summed E-state index contributed by atoms with van der Waals surface area (Å²) < 4.78 is 0. The van der Waals surface area contributed by atoms with E-state index in [1.54, 1.807) is 6.07 Å². The summed E-state index contributed by atoms with van der Waals surface area (Å²) in [5, 5.41) is 20.4. The molecule has 5 heteroatoms. The number of rotatable bonds is 6. The van der Waals surface area contributed by atoms with Gasteiger partial charge < -0.3 is 5.11 Å². The van der Waals surface area contributed by atoms with Gasteiger partial charge >= 0.3 is 5.69 Å². The van der Waals surface area contributed by atoms with Crippen molar-refractivity contribution in [3.63, 3.8) is 0 Å². The molecule has 0 heterocycles. The highest BCUT2D eigenvalue weighted by atomic mass is 16.6. The largest absolute Gasteiger partial charge is 0.502 e. The van der Waals surface area contributed by atoms with E-state index < -0.39 is 4.92 Å². The molecule has 0 unspecified atom stereocenters. The molecule has 0 fully saturated rings. The number of nitro groups is 1. The third kappa shape index (κ3) is 4.05. The number of hydrogen-bond acceptors (Lipinski definition) is 4. The molecule has 0 bridgehead atoms. The highest BCUT2D eigenvalue weighted by Gasteiger charge is 2.14. The van der Waals surface area contributed by atoms with Crippen LogP contribution in [-0.2, 0) is 13.1 Å². The van der Waals surface area contributed by atoms with Crippen LogP contribution in [0, 0.1) is 17.0 Å². The van der Waals surface area contributed by atoms with Crippen LogP contribution in [0.4, 0.5) is 5.69 Å². The number of nitro benzene ring substituents is 1. The molecule has 2 aromatic rings. The van der Waals surface area contributed by atoms with Crippen molar-refractivity contribution < 1.29 is 10.0 Å². The fraction of sp³-hybridized carbons (Fsp3) is 0.294. The van der Waals surface area contributed by atoms with Gasteiger partial charge in [0.1, 0.15) is 0 Å². The second-order valence-electron chi connectivity index (χ2n) is 5.37. The van der Waals surface area contributed by atoms with Crippen molar-refractivity contribution in [2.45, 2.75) is 26.9 Å². The van der Waals surface area contributed by atoms with Crippen LogP contribution < -0.4 is 0 Å². The Kier molecular flexibility index (Phi) is 5.12. The third-order valence-corrected chi connectivity index (χ3v) is 3.62. The number of aryl methyl sites for hydroxylation is 1. The van der Waals surface area contributed by atoms with Crippen LogP contribution in [0.5, 0.6) is 5.75 Å². The summed E-state index contributed by atoms with van der Waals surface area (Å²) in [7, 11) is 0. The predicted octanol–water partition coefficient (Wildman–Crippen LogP) is 3.63. The molecule has 2 rings (SSSR count). The third-order valence-electron chi connectivity index (χ3n) is 3.62. The Morgan fingerprint density at radius 3 is 2.27 bits per heavy atom. The maximum absolute atomic E-state index is 10.9. The SMILES string of the molecule is CCN(Cc1ccc(C)cc1)Cc1ccc(O)c([N+](=O)[O-])c1. The van der Waals surface area contributed by atoms with Crippen molar-refractivity contribution in [3.8, 4) is 5.75 Å². The molecule has 1 N–H and O–H groups in total. The van der Waals surface area contributed by atoms with Crippen LogP contribution in [0.25, 0.3) is 0 Å². The van der Waals surface area contributed by atoms with E-state index in [0.29, 0.717) is 6.54 Å². The Bertz CT molecular complexity index is 653. The molecule has 0 atom stereocenters. The summed E-state index contributed by atoms with van der Waals surface area (Å²) >= 11 is 0. The minimum Gasteiger partial charge on any atom is -0.502 e. The topological polar surface area (TPSA) is 66.6 Å². The zero-order valence-corrected chi connectivity index (χ0v) is 12.8. The van der Waals surface area contributed by atoms with Crippen LogP contribution in [0.1, 0.15) is 23.6 Å². The van der Waals surface area contributed by atoms with E-state index in [-0.39, 0.29) is 11.4 Å². The Morgan fingerprint density at radius 2 is 1.68 bits per heavy atom. The molecule has 0 aromatic heterocycles. The minimum absolute atomic E-state index is 0.246. The fourth-order valence-electron chi connectivity index (χ4n) is 2.30.